The number of piperidine rings is 1. The molecule has 0 saturated carbocycles. The molecule has 1 aliphatic rings. The Morgan fingerprint density at radius 2 is 2.00 bits per heavy atom. The van der Waals surface area contributed by atoms with Gasteiger partial charge in [0.05, 0.1) is 0 Å². The number of carbonyl (C=O) groups is 2. The Hall–Kier alpha value is -1.43. The summed E-state index contributed by atoms with van der Waals surface area (Å²) in [5, 5.41) is 0. The van der Waals surface area contributed by atoms with Gasteiger partial charge in [-0.1, -0.05) is 20.8 Å². The molecule has 104 valence electrons. The van der Waals surface area contributed by atoms with Crippen LogP contribution in [0.15, 0.2) is 6.20 Å². The predicted molar refractivity (Wildman–Crippen MR) is 74.4 cm³/mol. The van der Waals surface area contributed by atoms with Gasteiger partial charge in [0.2, 0.25) is 5.91 Å². The molecule has 1 unspecified atom stereocenters. The van der Waals surface area contributed by atoms with Crippen LogP contribution in [-0.2, 0) is 15.0 Å². The molecule has 0 aliphatic carbocycles. The van der Waals surface area contributed by atoms with E-state index in [1.165, 1.54) is 11.9 Å². The van der Waals surface area contributed by atoms with Gasteiger partial charge in [-0.05, 0) is 18.6 Å². The fourth-order valence-electron chi connectivity index (χ4n) is 2.40. The molecular weight excluding hydrogens is 262 g/mol. The van der Waals surface area contributed by atoms with Crippen molar-refractivity contribution in [1.29, 1.82) is 0 Å². The van der Waals surface area contributed by atoms with Crippen molar-refractivity contribution in [2.24, 2.45) is 0 Å². The number of hydrogen-bond acceptors (Lipinski definition) is 3. The highest BCUT2D eigenvalue weighted by Crippen LogP contribution is 2.30. The van der Waals surface area contributed by atoms with Gasteiger partial charge in [0.15, 0.2) is 4.77 Å². The van der Waals surface area contributed by atoms with Gasteiger partial charge in [-0.3, -0.25) is 14.5 Å². The van der Waals surface area contributed by atoms with Crippen LogP contribution in [0.2, 0.25) is 0 Å². The van der Waals surface area contributed by atoms with Crippen LogP contribution in [0.4, 0.5) is 0 Å². The van der Waals surface area contributed by atoms with Crippen LogP contribution in [0.3, 0.4) is 0 Å². The highest BCUT2D eigenvalue weighted by Gasteiger charge is 2.35. The van der Waals surface area contributed by atoms with Crippen LogP contribution >= 0.6 is 12.2 Å². The van der Waals surface area contributed by atoms with Gasteiger partial charge < -0.3 is 9.55 Å². The molecule has 1 aliphatic heterocycles. The standard InChI is InChI=1S/C13H19N3O2S/c1-13(2,3)9-7-14-12(19)16(9)8-5-6-10(17)15(4)11(8)18/h7-8H,5-6H2,1-4H3,(H,14,19). The lowest BCUT2D eigenvalue weighted by atomic mass is 9.91. The molecule has 1 saturated heterocycles. The number of aromatic nitrogens is 2. The van der Waals surface area contributed by atoms with E-state index < -0.39 is 0 Å². The molecule has 0 spiro atoms. The molecule has 19 heavy (non-hydrogen) atoms. The summed E-state index contributed by atoms with van der Waals surface area (Å²) in [6.07, 6.45) is 2.74. The lowest BCUT2D eigenvalue weighted by Gasteiger charge is -2.31. The quantitative estimate of drug-likeness (QED) is 0.634. The molecule has 1 fully saturated rings. The summed E-state index contributed by atoms with van der Waals surface area (Å²) in [6, 6.07) is -0.379. The number of aromatic amines is 1. The number of rotatable bonds is 1. The number of imide groups is 1. The van der Waals surface area contributed by atoms with Gasteiger partial charge in [0, 0.05) is 30.8 Å². The minimum Gasteiger partial charge on any atom is -0.337 e. The first-order chi connectivity index (χ1) is 8.73. The van der Waals surface area contributed by atoms with E-state index in [0.29, 0.717) is 17.6 Å². The Morgan fingerprint density at radius 1 is 1.37 bits per heavy atom. The van der Waals surface area contributed by atoms with Gasteiger partial charge in [0.1, 0.15) is 6.04 Å². The van der Waals surface area contributed by atoms with Crippen LogP contribution in [-0.4, -0.2) is 33.3 Å². The van der Waals surface area contributed by atoms with E-state index in [2.05, 4.69) is 25.8 Å². The van der Waals surface area contributed by atoms with Crippen molar-refractivity contribution in [3.63, 3.8) is 0 Å². The maximum Gasteiger partial charge on any atom is 0.252 e. The van der Waals surface area contributed by atoms with Crippen LogP contribution in [0.5, 0.6) is 0 Å². The van der Waals surface area contributed by atoms with Crippen molar-refractivity contribution in [3.05, 3.63) is 16.7 Å². The first kappa shape index (κ1) is 14.0. The molecular formula is C13H19N3O2S. The molecule has 2 heterocycles. The van der Waals surface area contributed by atoms with Crippen molar-refractivity contribution in [3.8, 4) is 0 Å². The number of imidazole rings is 1. The fraction of sp³-hybridized carbons (Fsp3) is 0.615. The lowest BCUT2D eigenvalue weighted by molar-refractivity contribution is -0.149. The van der Waals surface area contributed by atoms with E-state index in [9.17, 15) is 9.59 Å². The minimum atomic E-state index is -0.379. The number of carbonyl (C=O) groups excluding carboxylic acids is 2. The van der Waals surface area contributed by atoms with E-state index in [1.807, 2.05) is 10.8 Å². The van der Waals surface area contributed by atoms with Crippen LogP contribution < -0.4 is 0 Å². The fourth-order valence-corrected chi connectivity index (χ4v) is 2.69. The predicted octanol–water partition coefficient (Wildman–Crippen LogP) is 2.16. The zero-order chi connectivity index (χ0) is 14.4. The molecule has 5 nitrogen and oxygen atoms in total. The van der Waals surface area contributed by atoms with Gasteiger partial charge in [-0.2, -0.15) is 0 Å². The molecule has 2 amide bonds. The number of likely N-dealkylation sites (tertiary alicyclic amines) is 1. The van der Waals surface area contributed by atoms with Crippen molar-refractivity contribution in [1.82, 2.24) is 14.5 Å². The maximum absolute atomic E-state index is 12.3. The summed E-state index contributed by atoms with van der Waals surface area (Å²) in [6.45, 7) is 6.22. The normalized spacial score (nSPS) is 21.1. The average molecular weight is 281 g/mol. The lowest BCUT2D eigenvalue weighted by Crippen LogP contribution is -2.44. The van der Waals surface area contributed by atoms with E-state index >= 15 is 0 Å². The van der Waals surface area contributed by atoms with Gasteiger partial charge in [0.25, 0.3) is 5.91 Å². The number of amides is 2. The SMILES string of the molecule is CN1C(=O)CCC(n2c(C(C)(C)C)c[nH]c2=S)C1=O. The maximum atomic E-state index is 12.3. The number of H-pyrrole nitrogens is 1. The third-order valence-electron chi connectivity index (χ3n) is 3.51. The second-order valence-electron chi connectivity index (χ2n) is 5.94. The molecule has 0 bridgehead atoms. The second kappa shape index (κ2) is 4.59. The summed E-state index contributed by atoms with van der Waals surface area (Å²) in [7, 11) is 1.53. The number of likely N-dealkylation sites (N-methyl/N-ethyl adjacent to an activating group) is 1. The summed E-state index contributed by atoms with van der Waals surface area (Å²) in [5.41, 5.74) is 0.868. The van der Waals surface area contributed by atoms with E-state index in [1.54, 1.807) is 0 Å². The van der Waals surface area contributed by atoms with Crippen LogP contribution in [0, 0.1) is 4.77 Å². The zero-order valence-corrected chi connectivity index (χ0v) is 12.5. The van der Waals surface area contributed by atoms with Gasteiger partial charge in [-0.15, -0.1) is 0 Å². The van der Waals surface area contributed by atoms with Crippen LogP contribution in [0.1, 0.15) is 45.3 Å². The summed E-state index contributed by atoms with van der Waals surface area (Å²) in [5.74, 6) is -0.307. The molecule has 1 N–H and O–H groups in total. The highest BCUT2D eigenvalue weighted by molar-refractivity contribution is 7.71. The molecule has 6 heteroatoms. The smallest absolute Gasteiger partial charge is 0.252 e. The summed E-state index contributed by atoms with van der Waals surface area (Å²) in [4.78, 5) is 28.1. The Balaban J connectivity index is 2.48. The number of nitrogens with zero attached hydrogens (tertiary/aromatic N) is 2. The van der Waals surface area contributed by atoms with Crippen molar-refractivity contribution < 1.29 is 9.59 Å². The minimum absolute atomic E-state index is 0.117. The Labute approximate surface area is 117 Å². The summed E-state index contributed by atoms with van der Waals surface area (Å²) >= 11 is 5.30. The zero-order valence-electron chi connectivity index (χ0n) is 11.7. The number of nitrogens with one attached hydrogen (secondary N) is 1. The highest BCUT2D eigenvalue weighted by atomic mass is 32.1. The van der Waals surface area contributed by atoms with Crippen LogP contribution in [0.25, 0.3) is 0 Å². The Kier molecular flexibility index (Phi) is 3.38. The van der Waals surface area contributed by atoms with E-state index in [4.69, 9.17) is 12.2 Å². The topological polar surface area (TPSA) is 58.1 Å². The van der Waals surface area contributed by atoms with Crippen molar-refractivity contribution in [2.75, 3.05) is 7.05 Å². The Bertz CT molecular complexity index is 579. The van der Waals surface area contributed by atoms with Crippen molar-refractivity contribution >= 4 is 24.0 Å². The van der Waals surface area contributed by atoms with Gasteiger partial charge >= 0.3 is 0 Å². The molecule has 2 rings (SSSR count). The molecule has 1 aromatic heterocycles. The van der Waals surface area contributed by atoms with Crippen molar-refractivity contribution in [2.45, 2.75) is 45.1 Å². The second-order valence-corrected chi connectivity index (χ2v) is 6.33. The van der Waals surface area contributed by atoms with E-state index in [-0.39, 0.29) is 23.3 Å². The van der Waals surface area contributed by atoms with Gasteiger partial charge in [-0.25, -0.2) is 0 Å². The summed E-state index contributed by atoms with van der Waals surface area (Å²) < 4.78 is 2.40. The first-order valence-electron chi connectivity index (χ1n) is 6.34. The monoisotopic (exact) mass is 281 g/mol. The Morgan fingerprint density at radius 3 is 2.58 bits per heavy atom. The molecule has 1 atom stereocenters. The third kappa shape index (κ3) is 2.36. The average Bonchev–Trinajstić information content (AvgIpc) is 2.68. The van der Waals surface area contributed by atoms with E-state index in [0.717, 1.165) is 5.69 Å². The largest absolute Gasteiger partial charge is 0.337 e. The molecule has 0 radical (unpaired) electrons. The molecule has 0 aromatic carbocycles. The molecule has 1 aromatic rings. The first-order valence-corrected chi connectivity index (χ1v) is 6.75. The number of hydrogen-bond donors (Lipinski definition) is 1. The third-order valence-corrected chi connectivity index (χ3v) is 3.83.